The number of rotatable bonds is 10. The van der Waals surface area contributed by atoms with Crippen molar-refractivity contribution in [2.45, 2.75) is 25.5 Å². The fourth-order valence-corrected chi connectivity index (χ4v) is 3.49. The van der Waals surface area contributed by atoms with E-state index in [2.05, 4.69) is 0 Å². The standard InChI is InChI=1S/C23H29NO6/c1-26-20-12-17(13-21(27-2)23(20)28-3)14-24(15-19-10-7-11-29-19)22(25)16-30-18-8-5-4-6-9-18/h4-6,8-9,12-13,19H,7,10-11,14-16H2,1-3H3/t19-/m1/s1. The van der Waals surface area contributed by atoms with Crippen molar-refractivity contribution in [2.24, 2.45) is 0 Å². The first-order valence-electron chi connectivity index (χ1n) is 10.0. The normalized spacial score (nSPS) is 15.5. The number of amides is 1. The van der Waals surface area contributed by atoms with E-state index < -0.39 is 0 Å². The molecule has 0 radical (unpaired) electrons. The largest absolute Gasteiger partial charge is 0.493 e. The van der Waals surface area contributed by atoms with E-state index in [1.807, 2.05) is 42.5 Å². The zero-order valence-corrected chi connectivity index (χ0v) is 17.8. The molecule has 1 aliphatic rings. The summed E-state index contributed by atoms with van der Waals surface area (Å²) in [6, 6.07) is 13.0. The zero-order chi connectivity index (χ0) is 21.3. The first-order chi connectivity index (χ1) is 14.6. The van der Waals surface area contributed by atoms with Crippen molar-refractivity contribution in [2.75, 3.05) is 41.1 Å². The third-order valence-electron chi connectivity index (χ3n) is 5.00. The van der Waals surface area contributed by atoms with Crippen LogP contribution in [-0.2, 0) is 16.1 Å². The van der Waals surface area contributed by atoms with E-state index in [0.717, 1.165) is 25.0 Å². The van der Waals surface area contributed by atoms with Crippen LogP contribution in [0, 0.1) is 0 Å². The van der Waals surface area contributed by atoms with Gasteiger partial charge in [-0.1, -0.05) is 18.2 Å². The van der Waals surface area contributed by atoms with Crippen molar-refractivity contribution in [1.82, 2.24) is 4.90 Å². The van der Waals surface area contributed by atoms with Crippen LogP contribution < -0.4 is 18.9 Å². The molecule has 2 aromatic rings. The second-order valence-electron chi connectivity index (χ2n) is 7.04. The molecule has 0 bridgehead atoms. The van der Waals surface area contributed by atoms with E-state index in [1.54, 1.807) is 26.2 Å². The van der Waals surface area contributed by atoms with Gasteiger partial charge in [-0.05, 0) is 42.7 Å². The van der Waals surface area contributed by atoms with Gasteiger partial charge in [0.15, 0.2) is 18.1 Å². The van der Waals surface area contributed by atoms with Gasteiger partial charge < -0.3 is 28.6 Å². The average molecular weight is 415 g/mol. The maximum atomic E-state index is 13.0. The number of methoxy groups -OCH3 is 3. The molecular weight excluding hydrogens is 386 g/mol. The summed E-state index contributed by atoms with van der Waals surface area (Å²) < 4.78 is 27.7. The van der Waals surface area contributed by atoms with E-state index >= 15 is 0 Å². The summed E-state index contributed by atoms with van der Waals surface area (Å²) in [7, 11) is 4.71. The van der Waals surface area contributed by atoms with Crippen LogP contribution in [0.5, 0.6) is 23.0 Å². The molecule has 1 fully saturated rings. The summed E-state index contributed by atoms with van der Waals surface area (Å²) in [5.74, 6) is 2.18. The number of carbonyl (C=O) groups excluding carboxylic acids is 1. The summed E-state index contributed by atoms with van der Waals surface area (Å²) in [6.07, 6.45) is 1.99. The maximum absolute atomic E-state index is 13.0. The van der Waals surface area contributed by atoms with Gasteiger partial charge in [0, 0.05) is 19.7 Å². The summed E-state index contributed by atoms with van der Waals surface area (Å²) in [6.45, 7) is 1.58. The molecule has 162 valence electrons. The number of nitrogens with zero attached hydrogens (tertiary/aromatic N) is 1. The summed E-state index contributed by atoms with van der Waals surface area (Å²) >= 11 is 0. The fourth-order valence-electron chi connectivity index (χ4n) is 3.49. The number of para-hydroxylation sites is 1. The van der Waals surface area contributed by atoms with Crippen molar-refractivity contribution in [3.63, 3.8) is 0 Å². The second kappa shape index (κ2) is 10.7. The van der Waals surface area contributed by atoms with Gasteiger partial charge >= 0.3 is 0 Å². The van der Waals surface area contributed by atoms with Gasteiger partial charge in [-0.25, -0.2) is 0 Å². The molecule has 0 saturated carbocycles. The minimum absolute atomic E-state index is 0.0349. The molecule has 1 aliphatic heterocycles. The quantitative estimate of drug-likeness (QED) is 0.593. The Morgan fingerprint density at radius 3 is 2.33 bits per heavy atom. The molecule has 0 aromatic heterocycles. The SMILES string of the molecule is COc1cc(CN(C[C@H]2CCCO2)C(=O)COc2ccccc2)cc(OC)c1OC. The number of ether oxygens (including phenoxy) is 5. The topological polar surface area (TPSA) is 66.5 Å². The first-order valence-corrected chi connectivity index (χ1v) is 10.0. The Kier molecular flexibility index (Phi) is 7.79. The van der Waals surface area contributed by atoms with Gasteiger partial charge in [-0.15, -0.1) is 0 Å². The smallest absolute Gasteiger partial charge is 0.260 e. The number of hydrogen-bond donors (Lipinski definition) is 0. The molecule has 7 heteroatoms. The predicted molar refractivity (Wildman–Crippen MR) is 112 cm³/mol. The van der Waals surface area contributed by atoms with Gasteiger partial charge in [-0.2, -0.15) is 0 Å². The van der Waals surface area contributed by atoms with Crippen molar-refractivity contribution >= 4 is 5.91 Å². The maximum Gasteiger partial charge on any atom is 0.260 e. The Balaban J connectivity index is 1.77. The molecule has 0 unspecified atom stereocenters. The van der Waals surface area contributed by atoms with E-state index in [4.69, 9.17) is 23.7 Å². The predicted octanol–water partition coefficient (Wildman–Crippen LogP) is 3.30. The average Bonchev–Trinajstić information content (AvgIpc) is 3.30. The van der Waals surface area contributed by atoms with E-state index in [1.165, 1.54) is 0 Å². The zero-order valence-electron chi connectivity index (χ0n) is 17.8. The van der Waals surface area contributed by atoms with Crippen molar-refractivity contribution in [1.29, 1.82) is 0 Å². The molecule has 3 rings (SSSR count). The number of hydrogen-bond acceptors (Lipinski definition) is 6. The van der Waals surface area contributed by atoms with Gasteiger partial charge in [-0.3, -0.25) is 4.79 Å². The van der Waals surface area contributed by atoms with Gasteiger partial charge in [0.05, 0.1) is 27.4 Å². The third kappa shape index (κ3) is 5.57. The molecule has 0 aliphatic carbocycles. The molecule has 7 nitrogen and oxygen atoms in total. The molecule has 2 aromatic carbocycles. The van der Waals surface area contributed by atoms with Crippen LogP contribution >= 0.6 is 0 Å². The lowest BCUT2D eigenvalue weighted by Gasteiger charge is -2.26. The molecule has 1 heterocycles. The second-order valence-corrected chi connectivity index (χ2v) is 7.04. The molecule has 0 N–H and O–H groups in total. The van der Waals surface area contributed by atoms with Crippen LogP contribution in [0.2, 0.25) is 0 Å². The lowest BCUT2D eigenvalue weighted by atomic mass is 10.1. The van der Waals surface area contributed by atoms with E-state index in [9.17, 15) is 4.79 Å². The lowest BCUT2D eigenvalue weighted by molar-refractivity contribution is -0.135. The molecule has 0 spiro atoms. The van der Waals surface area contributed by atoms with E-state index in [-0.39, 0.29) is 18.6 Å². The third-order valence-corrected chi connectivity index (χ3v) is 5.00. The minimum atomic E-state index is -0.108. The van der Waals surface area contributed by atoms with Crippen molar-refractivity contribution in [3.05, 3.63) is 48.0 Å². The highest BCUT2D eigenvalue weighted by Gasteiger charge is 2.24. The van der Waals surface area contributed by atoms with Crippen LogP contribution in [0.1, 0.15) is 18.4 Å². The molecule has 1 saturated heterocycles. The highest BCUT2D eigenvalue weighted by molar-refractivity contribution is 5.78. The Morgan fingerprint density at radius 1 is 1.07 bits per heavy atom. The molecular formula is C23H29NO6. The van der Waals surface area contributed by atoms with Crippen LogP contribution in [0.3, 0.4) is 0 Å². The Bertz CT molecular complexity index is 795. The van der Waals surface area contributed by atoms with Crippen LogP contribution in [0.4, 0.5) is 0 Å². The number of benzene rings is 2. The van der Waals surface area contributed by atoms with Gasteiger partial charge in [0.1, 0.15) is 5.75 Å². The first kappa shape index (κ1) is 21.8. The molecule has 30 heavy (non-hydrogen) atoms. The minimum Gasteiger partial charge on any atom is -0.493 e. The Morgan fingerprint density at radius 2 is 1.77 bits per heavy atom. The highest BCUT2D eigenvalue weighted by Crippen LogP contribution is 2.38. The lowest BCUT2D eigenvalue weighted by Crippen LogP contribution is -2.39. The Hall–Kier alpha value is -2.93. The summed E-state index contributed by atoms with van der Waals surface area (Å²) in [4.78, 5) is 14.8. The highest BCUT2D eigenvalue weighted by atomic mass is 16.5. The van der Waals surface area contributed by atoms with E-state index in [0.29, 0.717) is 36.1 Å². The fraction of sp³-hybridized carbons (Fsp3) is 0.435. The van der Waals surface area contributed by atoms with Crippen LogP contribution in [0.25, 0.3) is 0 Å². The van der Waals surface area contributed by atoms with Crippen molar-refractivity contribution < 1.29 is 28.5 Å². The molecule has 1 amide bonds. The number of carbonyl (C=O) groups is 1. The monoisotopic (exact) mass is 415 g/mol. The summed E-state index contributed by atoms with van der Waals surface area (Å²) in [5.41, 5.74) is 0.871. The van der Waals surface area contributed by atoms with Crippen molar-refractivity contribution in [3.8, 4) is 23.0 Å². The summed E-state index contributed by atoms with van der Waals surface area (Å²) in [5, 5.41) is 0. The van der Waals surface area contributed by atoms with Gasteiger partial charge in [0.2, 0.25) is 5.75 Å². The van der Waals surface area contributed by atoms with Crippen LogP contribution in [-0.4, -0.2) is 58.0 Å². The Labute approximate surface area is 177 Å². The van der Waals surface area contributed by atoms with Gasteiger partial charge in [0.25, 0.3) is 5.91 Å². The molecule has 1 atom stereocenters. The van der Waals surface area contributed by atoms with Crippen LogP contribution in [0.15, 0.2) is 42.5 Å².